The van der Waals surface area contributed by atoms with Crippen LogP contribution in [0.1, 0.15) is 19.8 Å². The third kappa shape index (κ3) is 3.69. The molecule has 1 aromatic rings. The molecule has 0 bridgehead atoms. The van der Waals surface area contributed by atoms with Crippen LogP contribution in [0.3, 0.4) is 0 Å². The van der Waals surface area contributed by atoms with Crippen LogP contribution < -0.4 is 14.8 Å². The molecule has 3 rings (SSSR count). The molecule has 0 spiro atoms. The molecule has 1 N–H and O–H groups in total. The number of methoxy groups -OCH3 is 1. The maximum atomic E-state index is 5.83. The molecule has 0 amide bonds. The Balaban J connectivity index is 1.44. The fourth-order valence-corrected chi connectivity index (χ4v) is 3.25. The normalized spacial score (nSPS) is 26.6. The molecular formula is C17H26N2O2. The summed E-state index contributed by atoms with van der Waals surface area (Å²) < 4.78 is 11.0. The van der Waals surface area contributed by atoms with E-state index in [2.05, 4.69) is 17.1 Å². The summed E-state index contributed by atoms with van der Waals surface area (Å²) in [6, 6.07) is 7.80. The van der Waals surface area contributed by atoms with E-state index in [1.165, 1.54) is 12.8 Å². The van der Waals surface area contributed by atoms with Gasteiger partial charge in [-0.2, -0.15) is 0 Å². The molecule has 21 heavy (non-hydrogen) atoms. The van der Waals surface area contributed by atoms with Crippen LogP contribution in [0.2, 0.25) is 0 Å². The van der Waals surface area contributed by atoms with Gasteiger partial charge in [-0.05, 0) is 49.9 Å². The maximum absolute atomic E-state index is 5.83. The number of piperazine rings is 1. The lowest BCUT2D eigenvalue weighted by Gasteiger charge is -2.42. The Hall–Kier alpha value is -1.26. The third-order valence-corrected chi connectivity index (χ3v) is 4.72. The second kappa shape index (κ2) is 6.24. The van der Waals surface area contributed by atoms with Crippen molar-refractivity contribution in [2.75, 3.05) is 39.9 Å². The molecule has 1 aromatic carbocycles. The van der Waals surface area contributed by atoms with Crippen LogP contribution >= 0.6 is 0 Å². The van der Waals surface area contributed by atoms with Gasteiger partial charge in [-0.1, -0.05) is 0 Å². The molecule has 1 aliphatic heterocycles. The van der Waals surface area contributed by atoms with Crippen LogP contribution in [0.25, 0.3) is 0 Å². The highest BCUT2D eigenvalue weighted by Gasteiger charge is 2.43. The van der Waals surface area contributed by atoms with Crippen molar-refractivity contribution in [2.45, 2.75) is 25.3 Å². The summed E-state index contributed by atoms with van der Waals surface area (Å²) in [4.78, 5) is 2.53. The van der Waals surface area contributed by atoms with E-state index in [4.69, 9.17) is 9.47 Å². The van der Waals surface area contributed by atoms with Gasteiger partial charge in [-0.25, -0.2) is 0 Å². The van der Waals surface area contributed by atoms with Gasteiger partial charge in [0, 0.05) is 31.7 Å². The monoisotopic (exact) mass is 290 g/mol. The smallest absolute Gasteiger partial charge is 0.119 e. The van der Waals surface area contributed by atoms with Gasteiger partial charge in [-0.15, -0.1) is 0 Å². The Bertz CT molecular complexity index is 458. The van der Waals surface area contributed by atoms with E-state index in [1.54, 1.807) is 7.11 Å². The number of hydrogen-bond acceptors (Lipinski definition) is 4. The standard InChI is InChI=1S/C17H26N2O2/c1-17(14-3-4-14)13-19(10-9-18-17)11-12-21-16-7-5-15(20-2)6-8-16/h5-8,14,18H,3-4,9-13H2,1-2H3. The first-order chi connectivity index (χ1) is 10.2. The topological polar surface area (TPSA) is 33.7 Å². The average molecular weight is 290 g/mol. The molecule has 4 heteroatoms. The highest BCUT2D eigenvalue weighted by molar-refractivity contribution is 5.31. The number of benzene rings is 1. The van der Waals surface area contributed by atoms with Crippen molar-refractivity contribution in [1.29, 1.82) is 0 Å². The van der Waals surface area contributed by atoms with Gasteiger partial charge in [0.2, 0.25) is 0 Å². The van der Waals surface area contributed by atoms with E-state index in [1.807, 2.05) is 24.3 Å². The minimum atomic E-state index is 0.318. The summed E-state index contributed by atoms with van der Waals surface area (Å²) in [5.74, 6) is 2.66. The van der Waals surface area contributed by atoms with Crippen LogP contribution in [-0.4, -0.2) is 50.3 Å². The van der Waals surface area contributed by atoms with Crippen molar-refractivity contribution in [3.8, 4) is 11.5 Å². The van der Waals surface area contributed by atoms with Crippen LogP contribution in [0, 0.1) is 5.92 Å². The fraction of sp³-hybridized carbons (Fsp3) is 0.647. The van der Waals surface area contributed by atoms with Gasteiger partial charge in [0.15, 0.2) is 0 Å². The lowest BCUT2D eigenvalue weighted by Crippen LogP contribution is -2.60. The van der Waals surface area contributed by atoms with E-state index in [-0.39, 0.29) is 0 Å². The predicted octanol–water partition coefficient (Wildman–Crippen LogP) is 2.15. The summed E-state index contributed by atoms with van der Waals surface area (Å²) in [6.07, 6.45) is 2.78. The van der Waals surface area contributed by atoms with Gasteiger partial charge in [0.05, 0.1) is 7.11 Å². The first-order valence-corrected chi connectivity index (χ1v) is 7.94. The molecule has 4 nitrogen and oxygen atoms in total. The number of rotatable bonds is 6. The molecule has 1 saturated heterocycles. The lowest BCUT2D eigenvalue weighted by atomic mass is 9.93. The van der Waals surface area contributed by atoms with E-state index < -0.39 is 0 Å². The average Bonchev–Trinajstić information content (AvgIpc) is 3.33. The van der Waals surface area contributed by atoms with Gasteiger partial charge in [-0.3, -0.25) is 4.90 Å². The summed E-state index contributed by atoms with van der Waals surface area (Å²) >= 11 is 0. The number of nitrogens with zero attached hydrogens (tertiary/aromatic N) is 1. The molecule has 1 saturated carbocycles. The second-order valence-corrected chi connectivity index (χ2v) is 6.42. The summed E-state index contributed by atoms with van der Waals surface area (Å²) in [7, 11) is 1.68. The van der Waals surface area contributed by atoms with Crippen molar-refractivity contribution < 1.29 is 9.47 Å². The molecule has 1 heterocycles. The highest BCUT2D eigenvalue weighted by atomic mass is 16.5. The maximum Gasteiger partial charge on any atom is 0.119 e. The lowest BCUT2D eigenvalue weighted by molar-refractivity contribution is 0.111. The first kappa shape index (κ1) is 14.7. The first-order valence-electron chi connectivity index (χ1n) is 7.94. The number of ether oxygens (including phenoxy) is 2. The zero-order chi connectivity index (χ0) is 14.7. The van der Waals surface area contributed by atoms with E-state index in [0.717, 1.165) is 50.2 Å². The Morgan fingerprint density at radius 1 is 1.24 bits per heavy atom. The summed E-state index contributed by atoms with van der Waals surface area (Å²) in [5.41, 5.74) is 0.318. The third-order valence-electron chi connectivity index (χ3n) is 4.72. The fourth-order valence-electron chi connectivity index (χ4n) is 3.25. The Morgan fingerprint density at radius 3 is 2.62 bits per heavy atom. The molecule has 2 aliphatic rings. The molecule has 2 fully saturated rings. The zero-order valence-electron chi connectivity index (χ0n) is 13.1. The number of nitrogens with one attached hydrogen (secondary N) is 1. The highest BCUT2D eigenvalue weighted by Crippen LogP contribution is 2.40. The van der Waals surface area contributed by atoms with Crippen molar-refractivity contribution in [3.63, 3.8) is 0 Å². The minimum absolute atomic E-state index is 0.318. The van der Waals surface area contributed by atoms with Gasteiger partial charge >= 0.3 is 0 Å². The quantitative estimate of drug-likeness (QED) is 0.870. The summed E-state index contributed by atoms with van der Waals surface area (Å²) in [5, 5.41) is 3.71. The molecular weight excluding hydrogens is 264 g/mol. The Kier molecular flexibility index (Phi) is 4.36. The second-order valence-electron chi connectivity index (χ2n) is 6.42. The molecule has 1 aliphatic carbocycles. The van der Waals surface area contributed by atoms with Gasteiger partial charge in [0.25, 0.3) is 0 Å². The zero-order valence-corrected chi connectivity index (χ0v) is 13.1. The van der Waals surface area contributed by atoms with Gasteiger partial charge < -0.3 is 14.8 Å². The molecule has 0 aromatic heterocycles. The van der Waals surface area contributed by atoms with Crippen molar-refractivity contribution >= 4 is 0 Å². The molecule has 1 unspecified atom stereocenters. The molecule has 116 valence electrons. The van der Waals surface area contributed by atoms with Crippen molar-refractivity contribution in [1.82, 2.24) is 10.2 Å². The summed E-state index contributed by atoms with van der Waals surface area (Å²) in [6.45, 7) is 7.47. The van der Waals surface area contributed by atoms with E-state index >= 15 is 0 Å². The van der Waals surface area contributed by atoms with E-state index in [0.29, 0.717) is 5.54 Å². The van der Waals surface area contributed by atoms with Crippen LogP contribution in [-0.2, 0) is 0 Å². The Labute approximate surface area is 127 Å². The minimum Gasteiger partial charge on any atom is -0.497 e. The van der Waals surface area contributed by atoms with Crippen molar-refractivity contribution in [2.24, 2.45) is 5.92 Å². The van der Waals surface area contributed by atoms with Crippen molar-refractivity contribution in [3.05, 3.63) is 24.3 Å². The molecule has 1 atom stereocenters. The molecule has 0 radical (unpaired) electrons. The van der Waals surface area contributed by atoms with Crippen LogP contribution in [0.4, 0.5) is 0 Å². The van der Waals surface area contributed by atoms with Crippen LogP contribution in [0.5, 0.6) is 11.5 Å². The Morgan fingerprint density at radius 2 is 1.95 bits per heavy atom. The number of hydrogen-bond donors (Lipinski definition) is 1. The van der Waals surface area contributed by atoms with Crippen LogP contribution in [0.15, 0.2) is 24.3 Å². The SMILES string of the molecule is COc1ccc(OCCN2CCNC(C)(C3CC3)C2)cc1. The predicted molar refractivity (Wildman–Crippen MR) is 84.1 cm³/mol. The largest absolute Gasteiger partial charge is 0.497 e. The van der Waals surface area contributed by atoms with E-state index in [9.17, 15) is 0 Å². The van der Waals surface area contributed by atoms with Gasteiger partial charge in [0.1, 0.15) is 18.1 Å².